The van der Waals surface area contributed by atoms with Crippen molar-refractivity contribution < 1.29 is 28.2 Å². The van der Waals surface area contributed by atoms with Crippen molar-refractivity contribution in [2.45, 2.75) is 0 Å². The van der Waals surface area contributed by atoms with Gasteiger partial charge < -0.3 is 23.4 Å². The van der Waals surface area contributed by atoms with Crippen LogP contribution in [0.4, 0.5) is 0 Å². The van der Waals surface area contributed by atoms with Crippen LogP contribution in [-0.4, -0.2) is 20.2 Å². The van der Waals surface area contributed by atoms with Gasteiger partial charge in [0.05, 0.1) is 25.2 Å². The van der Waals surface area contributed by atoms with E-state index in [0.29, 0.717) is 22.8 Å². The molecule has 0 saturated heterocycles. The number of benzene rings is 3. The highest BCUT2D eigenvalue weighted by molar-refractivity contribution is 5.92. The first-order chi connectivity index (χ1) is 15.1. The van der Waals surface area contributed by atoms with Crippen molar-refractivity contribution in [3.05, 3.63) is 88.8 Å². The third-order valence-electron chi connectivity index (χ3n) is 4.52. The molecule has 1 aromatic heterocycles. The second-order valence-electron chi connectivity index (χ2n) is 6.46. The van der Waals surface area contributed by atoms with Crippen molar-refractivity contribution >= 4 is 16.9 Å². The minimum absolute atomic E-state index is 0.0122. The normalized spacial score (nSPS) is 10.5. The van der Waals surface area contributed by atoms with Gasteiger partial charge in [0.1, 0.15) is 23.3 Å². The summed E-state index contributed by atoms with van der Waals surface area (Å²) in [7, 11) is 3.03. The van der Waals surface area contributed by atoms with Gasteiger partial charge in [-0.3, -0.25) is 4.79 Å². The fraction of sp³-hybridized carbons (Fsp3) is 0.0833. The van der Waals surface area contributed by atoms with Crippen LogP contribution in [0.25, 0.3) is 11.0 Å². The van der Waals surface area contributed by atoms with E-state index in [1.54, 1.807) is 48.5 Å². The largest absolute Gasteiger partial charge is 0.497 e. The molecule has 4 rings (SSSR count). The van der Waals surface area contributed by atoms with Gasteiger partial charge >= 0.3 is 5.97 Å². The summed E-state index contributed by atoms with van der Waals surface area (Å²) in [6, 6.07) is 18.1. The molecule has 7 heteroatoms. The second-order valence-corrected chi connectivity index (χ2v) is 6.46. The predicted molar refractivity (Wildman–Crippen MR) is 114 cm³/mol. The molecule has 0 atom stereocenters. The summed E-state index contributed by atoms with van der Waals surface area (Å²) in [6.45, 7) is 0. The Balaban J connectivity index is 1.59. The lowest BCUT2D eigenvalue weighted by Gasteiger charge is -2.10. The Morgan fingerprint density at radius 3 is 2.39 bits per heavy atom. The first-order valence-electron chi connectivity index (χ1n) is 9.31. The number of para-hydroxylation sites is 2. The topological polar surface area (TPSA) is 84.2 Å². The average Bonchev–Trinajstić information content (AvgIpc) is 2.81. The molecule has 3 aromatic carbocycles. The minimum Gasteiger partial charge on any atom is -0.497 e. The number of carbonyl (C=O) groups excluding carboxylic acids is 1. The molecule has 0 amide bonds. The van der Waals surface area contributed by atoms with Crippen molar-refractivity contribution in [3.8, 4) is 28.7 Å². The maximum atomic E-state index is 12.8. The number of ether oxygens (including phenoxy) is 4. The number of hydrogen-bond donors (Lipinski definition) is 0. The zero-order chi connectivity index (χ0) is 21.8. The average molecular weight is 418 g/mol. The van der Waals surface area contributed by atoms with Crippen molar-refractivity contribution in [3.63, 3.8) is 0 Å². The van der Waals surface area contributed by atoms with Crippen LogP contribution < -0.4 is 24.4 Å². The van der Waals surface area contributed by atoms with Crippen LogP contribution >= 0.6 is 0 Å². The van der Waals surface area contributed by atoms with E-state index >= 15 is 0 Å². The lowest BCUT2D eigenvalue weighted by molar-refractivity contribution is 0.0734. The summed E-state index contributed by atoms with van der Waals surface area (Å²) < 4.78 is 27.0. The molecular weight excluding hydrogens is 400 g/mol. The molecule has 0 spiro atoms. The van der Waals surface area contributed by atoms with Crippen molar-refractivity contribution in [2.24, 2.45) is 0 Å². The Hall–Kier alpha value is -4.26. The smallest absolute Gasteiger partial charge is 0.343 e. The zero-order valence-corrected chi connectivity index (χ0v) is 16.8. The SMILES string of the molecule is COc1cccc(C(=O)Oc2ccc3c(=O)c(Oc4ccccc4OC)coc3c2)c1. The standard InChI is InChI=1S/C24H18O7/c1-27-16-7-5-6-15(12-16)24(26)30-17-10-11-18-21(13-17)29-14-22(23(18)25)31-20-9-4-3-8-19(20)28-2/h3-14H,1-2H3. The third kappa shape index (κ3) is 4.20. The van der Waals surface area contributed by atoms with Crippen LogP contribution in [0.1, 0.15) is 10.4 Å². The summed E-state index contributed by atoms with van der Waals surface area (Å²) in [6.07, 6.45) is 1.21. The van der Waals surface area contributed by atoms with E-state index in [4.69, 9.17) is 23.4 Å². The summed E-state index contributed by atoms with van der Waals surface area (Å²) in [5.41, 5.74) is 0.229. The Labute approximate surface area is 177 Å². The number of rotatable bonds is 6. The molecule has 0 radical (unpaired) electrons. The summed E-state index contributed by atoms with van der Waals surface area (Å²) in [5, 5.41) is 0.286. The zero-order valence-electron chi connectivity index (χ0n) is 16.8. The van der Waals surface area contributed by atoms with E-state index in [2.05, 4.69) is 0 Å². The van der Waals surface area contributed by atoms with Crippen LogP contribution in [0.2, 0.25) is 0 Å². The van der Waals surface area contributed by atoms with Gasteiger partial charge in [0.2, 0.25) is 11.2 Å². The maximum Gasteiger partial charge on any atom is 0.343 e. The van der Waals surface area contributed by atoms with Crippen LogP contribution in [0.3, 0.4) is 0 Å². The Morgan fingerprint density at radius 1 is 0.806 bits per heavy atom. The molecule has 0 saturated carbocycles. The van der Waals surface area contributed by atoms with E-state index < -0.39 is 5.97 Å². The highest BCUT2D eigenvalue weighted by Crippen LogP contribution is 2.30. The van der Waals surface area contributed by atoms with E-state index in [9.17, 15) is 9.59 Å². The van der Waals surface area contributed by atoms with Crippen LogP contribution in [0.5, 0.6) is 28.7 Å². The Morgan fingerprint density at radius 2 is 1.61 bits per heavy atom. The molecule has 0 N–H and O–H groups in total. The molecule has 0 aliphatic heterocycles. The summed E-state index contributed by atoms with van der Waals surface area (Å²) in [5.74, 6) is 1.11. The van der Waals surface area contributed by atoms with Gasteiger partial charge in [0.15, 0.2) is 11.5 Å². The van der Waals surface area contributed by atoms with Gasteiger partial charge in [0, 0.05) is 6.07 Å². The molecule has 0 bridgehead atoms. The van der Waals surface area contributed by atoms with Gasteiger partial charge in [-0.05, 0) is 42.5 Å². The maximum absolute atomic E-state index is 12.8. The molecular formula is C24H18O7. The molecule has 4 aromatic rings. The first-order valence-corrected chi connectivity index (χ1v) is 9.31. The fourth-order valence-corrected chi connectivity index (χ4v) is 2.96. The van der Waals surface area contributed by atoms with Crippen molar-refractivity contribution in [2.75, 3.05) is 14.2 Å². The highest BCUT2D eigenvalue weighted by atomic mass is 16.5. The minimum atomic E-state index is -0.559. The lowest BCUT2D eigenvalue weighted by Crippen LogP contribution is -2.09. The third-order valence-corrected chi connectivity index (χ3v) is 4.52. The number of fused-ring (bicyclic) bond motifs is 1. The van der Waals surface area contributed by atoms with Gasteiger partial charge in [-0.25, -0.2) is 4.79 Å². The van der Waals surface area contributed by atoms with Crippen LogP contribution in [0, 0.1) is 0 Å². The monoisotopic (exact) mass is 418 g/mol. The highest BCUT2D eigenvalue weighted by Gasteiger charge is 2.14. The number of hydrogen-bond acceptors (Lipinski definition) is 7. The van der Waals surface area contributed by atoms with E-state index in [1.807, 2.05) is 0 Å². The van der Waals surface area contributed by atoms with Gasteiger partial charge in [-0.1, -0.05) is 18.2 Å². The first kappa shape index (κ1) is 20.0. The molecule has 0 unspecified atom stereocenters. The second kappa shape index (κ2) is 8.62. The Bertz CT molecular complexity index is 1310. The molecule has 156 valence electrons. The summed E-state index contributed by atoms with van der Waals surface area (Å²) >= 11 is 0. The number of carbonyl (C=O) groups is 1. The lowest BCUT2D eigenvalue weighted by atomic mass is 10.2. The number of esters is 1. The molecule has 0 aliphatic rings. The van der Waals surface area contributed by atoms with Crippen LogP contribution in [-0.2, 0) is 0 Å². The Kier molecular flexibility index (Phi) is 5.57. The quantitative estimate of drug-likeness (QED) is 0.328. The molecule has 31 heavy (non-hydrogen) atoms. The molecule has 7 nitrogen and oxygen atoms in total. The van der Waals surface area contributed by atoms with Gasteiger partial charge in [0.25, 0.3) is 0 Å². The van der Waals surface area contributed by atoms with Crippen LogP contribution in [0.15, 0.2) is 82.2 Å². The van der Waals surface area contributed by atoms with E-state index in [1.165, 1.54) is 38.7 Å². The fourth-order valence-electron chi connectivity index (χ4n) is 2.96. The molecule has 1 heterocycles. The van der Waals surface area contributed by atoms with Gasteiger partial charge in [-0.15, -0.1) is 0 Å². The molecule has 0 aliphatic carbocycles. The predicted octanol–water partition coefficient (Wildman–Crippen LogP) is 4.82. The summed E-state index contributed by atoms with van der Waals surface area (Å²) in [4.78, 5) is 25.2. The van der Waals surface area contributed by atoms with Crippen molar-refractivity contribution in [1.82, 2.24) is 0 Å². The number of methoxy groups -OCH3 is 2. The molecule has 0 fully saturated rings. The van der Waals surface area contributed by atoms with Gasteiger partial charge in [-0.2, -0.15) is 0 Å². The van der Waals surface area contributed by atoms with Crippen molar-refractivity contribution in [1.29, 1.82) is 0 Å². The van der Waals surface area contributed by atoms with E-state index in [-0.39, 0.29) is 27.9 Å². The van der Waals surface area contributed by atoms with E-state index in [0.717, 1.165) is 0 Å².